The first-order valence-corrected chi connectivity index (χ1v) is 9.99. The van der Waals surface area contributed by atoms with Gasteiger partial charge in [0, 0.05) is 30.0 Å². The molecule has 1 spiro atoms. The van der Waals surface area contributed by atoms with Gasteiger partial charge in [-0.2, -0.15) is 0 Å². The number of aromatic hydroxyl groups is 1. The Labute approximate surface area is 158 Å². The first-order chi connectivity index (χ1) is 13.0. The van der Waals surface area contributed by atoms with Crippen molar-refractivity contribution in [3.63, 3.8) is 0 Å². The first kappa shape index (κ1) is 16.9. The molecule has 6 nitrogen and oxygen atoms in total. The number of fused-ring (bicyclic) bond motifs is 1. The Morgan fingerprint density at radius 3 is 2.67 bits per heavy atom. The van der Waals surface area contributed by atoms with E-state index in [4.69, 9.17) is 4.74 Å². The molecule has 0 aromatic heterocycles. The zero-order valence-corrected chi connectivity index (χ0v) is 15.6. The van der Waals surface area contributed by atoms with Crippen molar-refractivity contribution in [2.75, 3.05) is 20.2 Å². The van der Waals surface area contributed by atoms with Crippen LogP contribution in [0.5, 0.6) is 11.5 Å². The molecule has 5 rings (SSSR count). The van der Waals surface area contributed by atoms with E-state index in [0.717, 1.165) is 19.4 Å². The highest BCUT2D eigenvalue weighted by Crippen LogP contribution is 2.59. The van der Waals surface area contributed by atoms with Gasteiger partial charge in [-0.15, -0.1) is 0 Å². The third kappa shape index (κ3) is 2.68. The molecular formula is C21H26N2O4. The van der Waals surface area contributed by atoms with Crippen LogP contribution in [0.1, 0.15) is 42.5 Å². The van der Waals surface area contributed by atoms with Crippen molar-refractivity contribution < 1.29 is 19.4 Å². The summed E-state index contributed by atoms with van der Waals surface area (Å²) < 4.78 is 5.09. The zero-order valence-electron chi connectivity index (χ0n) is 15.6. The number of carbonyl (C=O) groups is 2. The number of nitrogens with one attached hydrogen (secondary N) is 1. The number of phenols is 1. The van der Waals surface area contributed by atoms with E-state index in [-0.39, 0.29) is 34.8 Å². The highest BCUT2D eigenvalue weighted by Gasteiger charge is 2.61. The fraction of sp³-hybridized carbons (Fsp3) is 0.619. The van der Waals surface area contributed by atoms with Crippen LogP contribution in [0.3, 0.4) is 0 Å². The smallest absolute Gasteiger partial charge is 0.251 e. The monoisotopic (exact) mass is 370 g/mol. The van der Waals surface area contributed by atoms with Gasteiger partial charge in [0.2, 0.25) is 5.91 Å². The molecule has 2 amide bonds. The molecular weight excluding hydrogens is 344 g/mol. The summed E-state index contributed by atoms with van der Waals surface area (Å²) in [6.45, 7) is 1.40. The first-order valence-electron chi connectivity index (χ1n) is 9.99. The van der Waals surface area contributed by atoms with E-state index in [1.54, 1.807) is 12.1 Å². The van der Waals surface area contributed by atoms with E-state index in [0.29, 0.717) is 29.9 Å². The Hall–Kier alpha value is -2.24. The number of nitrogens with zero attached hydrogens (tertiary/aromatic N) is 1. The third-order valence-electron chi connectivity index (χ3n) is 7.29. The molecule has 2 N–H and O–H groups in total. The lowest BCUT2D eigenvalue weighted by Crippen LogP contribution is -2.42. The van der Waals surface area contributed by atoms with Crippen LogP contribution in [0.2, 0.25) is 0 Å². The van der Waals surface area contributed by atoms with Crippen LogP contribution in [0, 0.1) is 23.2 Å². The Morgan fingerprint density at radius 1 is 1.26 bits per heavy atom. The lowest BCUT2D eigenvalue weighted by atomic mass is 10.0. The average molecular weight is 370 g/mol. The fourth-order valence-corrected chi connectivity index (χ4v) is 5.46. The van der Waals surface area contributed by atoms with Crippen molar-refractivity contribution in [1.82, 2.24) is 10.2 Å². The predicted molar refractivity (Wildman–Crippen MR) is 98.5 cm³/mol. The molecule has 2 unspecified atom stereocenters. The number of hydrogen-bond donors (Lipinski definition) is 2. The van der Waals surface area contributed by atoms with Crippen LogP contribution in [-0.4, -0.2) is 48.1 Å². The zero-order chi connectivity index (χ0) is 18.8. The van der Waals surface area contributed by atoms with Crippen molar-refractivity contribution in [1.29, 1.82) is 0 Å². The Kier molecular flexibility index (Phi) is 3.68. The van der Waals surface area contributed by atoms with Crippen LogP contribution < -0.4 is 10.1 Å². The van der Waals surface area contributed by atoms with Crippen LogP contribution in [0.15, 0.2) is 18.2 Å². The predicted octanol–water partition coefficient (Wildman–Crippen LogP) is 2.17. The van der Waals surface area contributed by atoms with E-state index in [1.807, 2.05) is 4.90 Å². The number of benzene rings is 1. The second kappa shape index (κ2) is 5.88. The van der Waals surface area contributed by atoms with Gasteiger partial charge in [-0.1, -0.05) is 6.42 Å². The number of amides is 2. The maximum absolute atomic E-state index is 12.9. The molecule has 3 aliphatic carbocycles. The Morgan fingerprint density at radius 2 is 2.00 bits per heavy atom. The second-order valence-electron chi connectivity index (χ2n) is 8.78. The van der Waals surface area contributed by atoms with Crippen LogP contribution in [0.4, 0.5) is 0 Å². The molecule has 144 valence electrons. The summed E-state index contributed by atoms with van der Waals surface area (Å²) >= 11 is 0. The molecule has 3 saturated carbocycles. The van der Waals surface area contributed by atoms with E-state index >= 15 is 0 Å². The highest BCUT2D eigenvalue weighted by atomic mass is 16.5. The maximum atomic E-state index is 12.9. The van der Waals surface area contributed by atoms with Crippen molar-refractivity contribution in [3.8, 4) is 11.5 Å². The molecule has 4 atom stereocenters. The summed E-state index contributed by atoms with van der Waals surface area (Å²) in [5.41, 5.74) is 0.526. The van der Waals surface area contributed by atoms with E-state index in [2.05, 4.69) is 5.32 Å². The highest BCUT2D eigenvalue weighted by molar-refractivity contribution is 5.95. The summed E-state index contributed by atoms with van der Waals surface area (Å²) in [4.78, 5) is 27.7. The molecule has 1 heterocycles. The van der Waals surface area contributed by atoms with Crippen molar-refractivity contribution in [3.05, 3.63) is 23.8 Å². The minimum atomic E-state index is -0.179. The van der Waals surface area contributed by atoms with Gasteiger partial charge in [-0.05, 0) is 55.7 Å². The largest absolute Gasteiger partial charge is 0.504 e. The van der Waals surface area contributed by atoms with Crippen molar-refractivity contribution >= 4 is 11.8 Å². The summed E-state index contributed by atoms with van der Waals surface area (Å²) in [5.74, 6) is 1.95. The molecule has 0 bridgehead atoms. The lowest BCUT2D eigenvalue weighted by molar-refractivity contribution is -0.132. The number of hydrogen-bond acceptors (Lipinski definition) is 4. The molecule has 1 aliphatic heterocycles. The standard InChI is InChI=1S/C21H26N2O4/c1-27-16-9-12(5-6-15(16)24)19(25)22-17-10-23(11-21(17)7-8-21)20(26)18-13-3-2-4-14(13)18/h5-6,9,13-14,17-18,24H,2-4,7-8,10-11H2,1H3,(H,22,25)/t13-,14+,17?,18?. The van der Waals surface area contributed by atoms with Crippen molar-refractivity contribution in [2.24, 2.45) is 23.2 Å². The SMILES string of the molecule is COc1cc(C(=O)NC2CN(C(=O)C3[C@H]4CCC[C@@H]34)CC23CC3)ccc1O. The van der Waals surface area contributed by atoms with Gasteiger partial charge in [-0.25, -0.2) is 0 Å². The molecule has 1 aromatic carbocycles. The number of carbonyl (C=O) groups excluding carboxylic acids is 2. The number of likely N-dealkylation sites (tertiary alicyclic amines) is 1. The average Bonchev–Trinajstić information content (AvgIpc) is 3.49. The second-order valence-corrected chi connectivity index (χ2v) is 8.78. The summed E-state index contributed by atoms with van der Waals surface area (Å²) in [5, 5.41) is 12.9. The van der Waals surface area contributed by atoms with Gasteiger partial charge >= 0.3 is 0 Å². The molecule has 6 heteroatoms. The topological polar surface area (TPSA) is 78.9 Å². The van der Waals surface area contributed by atoms with Gasteiger partial charge in [0.05, 0.1) is 13.2 Å². The molecule has 0 radical (unpaired) electrons. The van der Waals surface area contributed by atoms with Gasteiger partial charge in [-0.3, -0.25) is 9.59 Å². The number of phenolic OH excluding ortho intramolecular Hbond substituents is 1. The van der Waals surface area contributed by atoms with Crippen LogP contribution in [-0.2, 0) is 4.79 Å². The van der Waals surface area contributed by atoms with Gasteiger partial charge in [0.15, 0.2) is 11.5 Å². The lowest BCUT2D eigenvalue weighted by Gasteiger charge is -2.19. The molecule has 27 heavy (non-hydrogen) atoms. The Balaban J connectivity index is 1.27. The van der Waals surface area contributed by atoms with E-state index < -0.39 is 0 Å². The third-order valence-corrected chi connectivity index (χ3v) is 7.29. The number of methoxy groups -OCH3 is 1. The van der Waals surface area contributed by atoms with Crippen LogP contribution in [0.25, 0.3) is 0 Å². The summed E-state index contributed by atoms with van der Waals surface area (Å²) in [6.07, 6.45) is 5.83. The summed E-state index contributed by atoms with van der Waals surface area (Å²) in [6, 6.07) is 4.62. The number of rotatable bonds is 4. The molecule has 4 fully saturated rings. The fourth-order valence-electron chi connectivity index (χ4n) is 5.46. The van der Waals surface area contributed by atoms with E-state index in [1.165, 1.54) is 32.4 Å². The Bertz CT molecular complexity index is 793. The molecule has 1 aromatic rings. The van der Waals surface area contributed by atoms with Gasteiger partial charge < -0.3 is 20.1 Å². The minimum Gasteiger partial charge on any atom is -0.504 e. The number of ether oxygens (including phenoxy) is 1. The van der Waals surface area contributed by atoms with Gasteiger partial charge in [0.25, 0.3) is 5.91 Å². The molecule has 4 aliphatic rings. The summed E-state index contributed by atoms with van der Waals surface area (Å²) in [7, 11) is 1.46. The van der Waals surface area contributed by atoms with Crippen molar-refractivity contribution in [2.45, 2.75) is 38.1 Å². The van der Waals surface area contributed by atoms with E-state index in [9.17, 15) is 14.7 Å². The molecule has 1 saturated heterocycles. The normalized spacial score (nSPS) is 32.3. The van der Waals surface area contributed by atoms with Crippen LogP contribution >= 0.6 is 0 Å². The van der Waals surface area contributed by atoms with Gasteiger partial charge in [0.1, 0.15) is 0 Å². The minimum absolute atomic E-state index is 0.00679. The quantitative estimate of drug-likeness (QED) is 0.851. The maximum Gasteiger partial charge on any atom is 0.251 e.